The number of likely N-dealkylation sites (tertiary alicyclic amines) is 1. The third-order valence-electron chi connectivity index (χ3n) is 5.66. The van der Waals surface area contributed by atoms with Crippen LogP contribution in [0.4, 0.5) is 10.5 Å². The lowest BCUT2D eigenvalue weighted by Crippen LogP contribution is -2.47. The molecule has 2 aromatic rings. The van der Waals surface area contributed by atoms with Crippen molar-refractivity contribution in [1.82, 2.24) is 14.8 Å². The fourth-order valence-electron chi connectivity index (χ4n) is 3.65. The Labute approximate surface area is 178 Å². The average molecular weight is 413 g/mol. The van der Waals surface area contributed by atoms with Gasteiger partial charge in [0.25, 0.3) is 0 Å². The Morgan fingerprint density at radius 3 is 2.33 bits per heavy atom. The second-order valence-electron chi connectivity index (χ2n) is 8.01. The molecule has 0 saturated carbocycles. The lowest BCUT2D eigenvalue weighted by atomic mass is 9.96. The first-order valence-corrected chi connectivity index (χ1v) is 10.8. The zero-order valence-electron chi connectivity index (χ0n) is 18.4. The molecule has 30 heavy (non-hydrogen) atoms. The summed E-state index contributed by atoms with van der Waals surface area (Å²) in [7, 11) is 0. The Balaban J connectivity index is 1.53. The summed E-state index contributed by atoms with van der Waals surface area (Å²) >= 11 is 0. The molecular formula is C23H32N4O3. The smallest absolute Gasteiger partial charge is 0.319 e. The van der Waals surface area contributed by atoms with Crippen LogP contribution >= 0.6 is 0 Å². The van der Waals surface area contributed by atoms with Gasteiger partial charge in [-0.3, -0.25) is 4.79 Å². The minimum Gasteiger partial charge on any atom is -0.441 e. The summed E-state index contributed by atoms with van der Waals surface area (Å²) in [5, 5.41) is 3.00. The molecular weight excluding hydrogens is 380 g/mol. The van der Waals surface area contributed by atoms with E-state index >= 15 is 0 Å². The first-order chi connectivity index (χ1) is 14.4. The maximum absolute atomic E-state index is 12.7. The van der Waals surface area contributed by atoms with E-state index in [9.17, 15) is 9.59 Å². The summed E-state index contributed by atoms with van der Waals surface area (Å²) in [5.41, 5.74) is 1.63. The summed E-state index contributed by atoms with van der Waals surface area (Å²) in [5.74, 6) is 1.66. The van der Waals surface area contributed by atoms with E-state index < -0.39 is 0 Å². The Morgan fingerprint density at radius 2 is 1.80 bits per heavy atom. The van der Waals surface area contributed by atoms with E-state index in [-0.39, 0.29) is 17.9 Å². The number of hydrogen-bond donors (Lipinski definition) is 1. The van der Waals surface area contributed by atoms with Gasteiger partial charge in [0.15, 0.2) is 0 Å². The lowest BCUT2D eigenvalue weighted by Gasteiger charge is -2.34. The molecule has 1 aliphatic rings. The van der Waals surface area contributed by atoms with E-state index in [0.717, 1.165) is 17.0 Å². The number of aromatic nitrogens is 1. The van der Waals surface area contributed by atoms with E-state index in [0.29, 0.717) is 50.8 Å². The number of amides is 3. The maximum Gasteiger partial charge on any atom is 0.319 e. The predicted molar refractivity (Wildman–Crippen MR) is 117 cm³/mol. The van der Waals surface area contributed by atoms with Gasteiger partial charge in [-0.05, 0) is 51.0 Å². The highest BCUT2D eigenvalue weighted by Gasteiger charge is 2.28. The Hall–Kier alpha value is -2.83. The largest absolute Gasteiger partial charge is 0.441 e. The Morgan fingerprint density at radius 1 is 1.17 bits per heavy atom. The third-order valence-corrected chi connectivity index (χ3v) is 5.66. The van der Waals surface area contributed by atoms with Gasteiger partial charge in [-0.25, -0.2) is 9.78 Å². The van der Waals surface area contributed by atoms with Crippen LogP contribution in [-0.4, -0.2) is 52.9 Å². The van der Waals surface area contributed by atoms with Crippen molar-refractivity contribution < 1.29 is 14.0 Å². The van der Waals surface area contributed by atoms with Crippen LogP contribution in [0, 0.1) is 5.92 Å². The van der Waals surface area contributed by atoms with Gasteiger partial charge in [0.1, 0.15) is 5.76 Å². The SMILES string of the molecule is CCN(CC)C(=O)N1CCC(C(=O)Nc2ccc(-c3ncc(C(C)C)o3)cc2)CC1. The highest BCUT2D eigenvalue weighted by Crippen LogP contribution is 2.25. The number of rotatable bonds is 6. The molecule has 3 rings (SSSR count). The van der Waals surface area contributed by atoms with Crippen molar-refractivity contribution in [2.45, 2.75) is 46.5 Å². The van der Waals surface area contributed by atoms with Crippen molar-refractivity contribution in [2.24, 2.45) is 5.92 Å². The van der Waals surface area contributed by atoms with Gasteiger partial charge in [0, 0.05) is 49.3 Å². The number of urea groups is 1. The molecule has 7 nitrogen and oxygen atoms in total. The van der Waals surface area contributed by atoms with Crippen LogP contribution in [0.5, 0.6) is 0 Å². The molecule has 1 aromatic heterocycles. The first-order valence-electron chi connectivity index (χ1n) is 10.8. The second-order valence-corrected chi connectivity index (χ2v) is 8.01. The molecule has 0 spiro atoms. The standard InChI is InChI=1S/C23H32N4O3/c1-5-26(6-2)23(29)27-13-11-17(12-14-27)21(28)25-19-9-7-18(8-10-19)22-24-15-20(30-22)16(3)4/h7-10,15-17H,5-6,11-14H2,1-4H3,(H,25,28). The van der Waals surface area contributed by atoms with Crippen molar-refractivity contribution in [3.8, 4) is 11.5 Å². The minimum absolute atomic E-state index is 0.0101. The number of nitrogens with zero attached hydrogens (tertiary/aromatic N) is 3. The van der Waals surface area contributed by atoms with Crippen LogP contribution < -0.4 is 5.32 Å². The van der Waals surface area contributed by atoms with Crippen LogP contribution in [0.15, 0.2) is 34.9 Å². The molecule has 1 saturated heterocycles. The van der Waals surface area contributed by atoms with Crippen LogP contribution in [0.3, 0.4) is 0 Å². The summed E-state index contributed by atoms with van der Waals surface area (Å²) in [6.07, 6.45) is 3.13. The minimum atomic E-state index is -0.0780. The van der Waals surface area contributed by atoms with E-state index in [1.165, 1.54) is 0 Å². The number of oxazole rings is 1. The molecule has 7 heteroatoms. The zero-order chi connectivity index (χ0) is 21.7. The van der Waals surface area contributed by atoms with E-state index in [2.05, 4.69) is 24.1 Å². The van der Waals surface area contributed by atoms with Gasteiger partial charge in [0.2, 0.25) is 11.8 Å². The molecule has 0 atom stereocenters. The first kappa shape index (κ1) is 21.9. The summed E-state index contributed by atoms with van der Waals surface area (Å²) < 4.78 is 5.78. The van der Waals surface area contributed by atoms with Gasteiger partial charge < -0.3 is 19.5 Å². The molecule has 0 bridgehead atoms. The lowest BCUT2D eigenvalue weighted by molar-refractivity contribution is -0.121. The maximum atomic E-state index is 12.7. The molecule has 1 fully saturated rings. The van der Waals surface area contributed by atoms with Crippen LogP contribution in [0.25, 0.3) is 11.5 Å². The number of hydrogen-bond acceptors (Lipinski definition) is 4. The fraction of sp³-hybridized carbons (Fsp3) is 0.522. The van der Waals surface area contributed by atoms with Gasteiger partial charge in [-0.1, -0.05) is 13.8 Å². The van der Waals surface area contributed by atoms with Crippen molar-refractivity contribution in [3.05, 3.63) is 36.2 Å². The quantitative estimate of drug-likeness (QED) is 0.753. The van der Waals surface area contributed by atoms with E-state index in [4.69, 9.17) is 4.42 Å². The number of nitrogens with one attached hydrogen (secondary N) is 1. The molecule has 0 aliphatic carbocycles. The van der Waals surface area contributed by atoms with Crippen LogP contribution in [0.2, 0.25) is 0 Å². The molecule has 2 heterocycles. The summed E-state index contributed by atoms with van der Waals surface area (Å²) in [4.78, 5) is 33.1. The van der Waals surface area contributed by atoms with Crippen LogP contribution in [-0.2, 0) is 4.79 Å². The number of carbonyl (C=O) groups is 2. The molecule has 0 radical (unpaired) electrons. The topological polar surface area (TPSA) is 78.7 Å². The van der Waals surface area contributed by atoms with E-state index in [1.807, 2.05) is 47.9 Å². The van der Waals surface area contributed by atoms with Gasteiger partial charge in [0.05, 0.1) is 6.20 Å². The van der Waals surface area contributed by atoms with Crippen molar-refractivity contribution in [3.63, 3.8) is 0 Å². The van der Waals surface area contributed by atoms with Crippen molar-refractivity contribution in [1.29, 1.82) is 0 Å². The molecule has 1 aromatic carbocycles. The number of benzene rings is 1. The molecule has 1 N–H and O–H groups in total. The molecule has 0 unspecified atom stereocenters. The van der Waals surface area contributed by atoms with Gasteiger partial charge in [-0.2, -0.15) is 0 Å². The highest BCUT2D eigenvalue weighted by atomic mass is 16.4. The Kier molecular flexibility index (Phi) is 7.13. The zero-order valence-corrected chi connectivity index (χ0v) is 18.4. The predicted octanol–water partition coefficient (Wildman–Crippen LogP) is 4.58. The van der Waals surface area contributed by atoms with E-state index in [1.54, 1.807) is 6.20 Å². The average Bonchev–Trinajstić information content (AvgIpc) is 3.26. The highest BCUT2D eigenvalue weighted by molar-refractivity contribution is 5.93. The molecule has 1 aliphatic heterocycles. The van der Waals surface area contributed by atoms with Gasteiger partial charge >= 0.3 is 6.03 Å². The summed E-state index contributed by atoms with van der Waals surface area (Å²) in [6, 6.07) is 7.60. The van der Waals surface area contributed by atoms with Gasteiger partial charge in [-0.15, -0.1) is 0 Å². The van der Waals surface area contributed by atoms with Crippen molar-refractivity contribution >= 4 is 17.6 Å². The Bertz CT molecular complexity index is 848. The summed E-state index contributed by atoms with van der Waals surface area (Å²) in [6.45, 7) is 10.7. The molecule has 3 amide bonds. The normalized spacial score (nSPS) is 14.8. The van der Waals surface area contributed by atoms with Crippen LogP contribution in [0.1, 0.15) is 52.2 Å². The number of anilines is 1. The monoisotopic (exact) mass is 412 g/mol. The third kappa shape index (κ3) is 5.01. The fourth-order valence-corrected chi connectivity index (χ4v) is 3.65. The molecule has 162 valence electrons. The van der Waals surface area contributed by atoms with Crippen molar-refractivity contribution in [2.75, 3.05) is 31.5 Å². The number of carbonyl (C=O) groups excluding carboxylic acids is 2. The second kappa shape index (κ2) is 9.78. The number of piperidine rings is 1.